The Kier molecular flexibility index (Phi) is 5.86. The van der Waals surface area contributed by atoms with Crippen LogP contribution in [0.4, 0.5) is 0 Å². The lowest BCUT2D eigenvalue weighted by molar-refractivity contribution is -0.139. The molecule has 0 amide bonds. The van der Waals surface area contributed by atoms with Gasteiger partial charge in [0.15, 0.2) is 11.7 Å². The van der Waals surface area contributed by atoms with Gasteiger partial charge in [0.1, 0.15) is 5.75 Å². The molecule has 0 radical (unpaired) electrons. The second-order valence-corrected chi connectivity index (χ2v) is 5.40. The van der Waals surface area contributed by atoms with Gasteiger partial charge in [0.25, 0.3) is 0 Å². The van der Waals surface area contributed by atoms with Gasteiger partial charge in [-0.2, -0.15) is 5.10 Å². The number of carbonyl (C=O) groups is 1. The summed E-state index contributed by atoms with van der Waals surface area (Å²) in [6, 6.07) is 15.1. The number of hydrogen-bond acceptors (Lipinski definition) is 4. The van der Waals surface area contributed by atoms with Gasteiger partial charge in [0, 0.05) is 0 Å². The number of thiocarbonyl (C=S) groups is 1. The number of ether oxygens (including phenoxy) is 1. The lowest BCUT2D eigenvalue weighted by Crippen LogP contribution is -2.25. The second-order valence-electron chi connectivity index (χ2n) is 4.96. The number of nitrogens with one attached hydrogen (secondary N) is 1. The minimum atomic E-state index is -1.00. The summed E-state index contributed by atoms with van der Waals surface area (Å²) in [5.74, 6) is -0.485. The Balaban J connectivity index is 2.09. The number of hydrazone groups is 1. The van der Waals surface area contributed by atoms with Crippen LogP contribution < -0.4 is 15.9 Å². The fraction of sp³-hybridized carbons (Fsp3) is 0.118. The number of hydrogen-bond donors (Lipinski definition) is 3. The van der Waals surface area contributed by atoms with Crippen molar-refractivity contribution >= 4 is 29.0 Å². The molecule has 4 N–H and O–H groups in total. The monoisotopic (exact) mass is 343 g/mol. The van der Waals surface area contributed by atoms with Crippen molar-refractivity contribution in [3.8, 4) is 16.9 Å². The van der Waals surface area contributed by atoms with Gasteiger partial charge < -0.3 is 15.6 Å². The summed E-state index contributed by atoms with van der Waals surface area (Å²) in [7, 11) is 0. The van der Waals surface area contributed by atoms with Crippen LogP contribution in [0.15, 0.2) is 53.6 Å². The van der Waals surface area contributed by atoms with E-state index < -0.39 is 5.97 Å². The summed E-state index contributed by atoms with van der Waals surface area (Å²) in [6.45, 7) is 1.50. The van der Waals surface area contributed by atoms with Crippen LogP contribution in [0.5, 0.6) is 5.75 Å². The fourth-order valence-electron chi connectivity index (χ4n) is 2.00. The predicted octanol–water partition coefficient (Wildman–Crippen LogP) is 2.37. The highest BCUT2D eigenvalue weighted by Gasteiger charge is 2.03. The smallest absolute Gasteiger partial charge is 0.341 e. The predicted molar refractivity (Wildman–Crippen MR) is 97.1 cm³/mol. The number of nitrogens with two attached hydrogens (primary N) is 1. The average Bonchev–Trinajstić information content (AvgIpc) is 2.58. The summed E-state index contributed by atoms with van der Waals surface area (Å²) in [5.41, 5.74) is 11.6. The molecule has 0 aliphatic heterocycles. The first-order chi connectivity index (χ1) is 11.5. The highest BCUT2D eigenvalue weighted by molar-refractivity contribution is 7.80. The first kappa shape index (κ1) is 17.4. The van der Waals surface area contributed by atoms with E-state index in [0.717, 1.165) is 22.4 Å². The molecule has 0 heterocycles. The molecule has 0 fully saturated rings. The maximum Gasteiger partial charge on any atom is 0.341 e. The van der Waals surface area contributed by atoms with Gasteiger partial charge in [-0.1, -0.05) is 36.4 Å². The van der Waals surface area contributed by atoms with E-state index in [-0.39, 0.29) is 11.7 Å². The highest BCUT2D eigenvalue weighted by atomic mass is 32.1. The van der Waals surface area contributed by atoms with Crippen molar-refractivity contribution in [3.05, 3.63) is 54.1 Å². The lowest BCUT2D eigenvalue weighted by atomic mass is 10.0. The Hall–Kier alpha value is -2.93. The minimum Gasteiger partial charge on any atom is -0.482 e. The highest BCUT2D eigenvalue weighted by Crippen LogP contribution is 2.23. The van der Waals surface area contributed by atoms with Crippen molar-refractivity contribution in [2.75, 3.05) is 6.61 Å². The molecule has 7 heteroatoms. The molecule has 0 saturated heterocycles. The number of carboxylic acid groups (broad SMARTS) is 1. The zero-order valence-electron chi connectivity index (χ0n) is 13.0. The van der Waals surface area contributed by atoms with Gasteiger partial charge in [-0.25, -0.2) is 4.79 Å². The number of rotatable bonds is 6. The van der Waals surface area contributed by atoms with E-state index in [0.29, 0.717) is 5.75 Å². The van der Waals surface area contributed by atoms with Gasteiger partial charge in [0.05, 0.1) is 5.71 Å². The van der Waals surface area contributed by atoms with Crippen LogP contribution in [0.2, 0.25) is 0 Å². The Morgan fingerprint density at radius 2 is 1.71 bits per heavy atom. The SMILES string of the molecule is C/C(=N\NC(N)=S)c1ccc(-c2ccc(OCC(=O)O)cc2)cc1. The fourth-order valence-corrected chi connectivity index (χ4v) is 2.04. The molecule has 0 aromatic heterocycles. The summed E-state index contributed by atoms with van der Waals surface area (Å²) in [5, 5.41) is 12.8. The van der Waals surface area contributed by atoms with Crippen molar-refractivity contribution in [3.63, 3.8) is 0 Å². The third-order valence-corrected chi connectivity index (χ3v) is 3.28. The second kappa shape index (κ2) is 8.07. The normalized spacial score (nSPS) is 11.0. The van der Waals surface area contributed by atoms with E-state index in [1.165, 1.54) is 0 Å². The van der Waals surface area contributed by atoms with Crippen LogP contribution in [0, 0.1) is 0 Å². The molecule has 0 bridgehead atoms. The van der Waals surface area contributed by atoms with Crippen molar-refractivity contribution in [1.82, 2.24) is 5.43 Å². The number of aliphatic carboxylic acids is 1. The van der Waals surface area contributed by atoms with Crippen molar-refractivity contribution < 1.29 is 14.6 Å². The summed E-state index contributed by atoms with van der Waals surface area (Å²) in [4.78, 5) is 10.5. The van der Waals surface area contributed by atoms with E-state index in [2.05, 4.69) is 10.5 Å². The van der Waals surface area contributed by atoms with Crippen LogP contribution in [-0.2, 0) is 4.79 Å². The number of benzene rings is 2. The van der Waals surface area contributed by atoms with Crippen LogP contribution in [0.3, 0.4) is 0 Å². The van der Waals surface area contributed by atoms with E-state index in [1.54, 1.807) is 12.1 Å². The molecular weight excluding hydrogens is 326 g/mol. The van der Waals surface area contributed by atoms with Gasteiger partial charge >= 0.3 is 5.97 Å². The molecule has 0 aliphatic rings. The molecule has 0 unspecified atom stereocenters. The molecule has 0 aliphatic carbocycles. The topological polar surface area (TPSA) is 96.9 Å². The first-order valence-electron chi connectivity index (χ1n) is 7.11. The zero-order chi connectivity index (χ0) is 17.5. The summed E-state index contributed by atoms with van der Waals surface area (Å²) < 4.78 is 5.11. The maximum absolute atomic E-state index is 10.5. The van der Waals surface area contributed by atoms with E-state index >= 15 is 0 Å². The van der Waals surface area contributed by atoms with Crippen molar-refractivity contribution in [1.29, 1.82) is 0 Å². The molecule has 0 spiro atoms. The summed E-state index contributed by atoms with van der Waals surface area (Å²) >= 11 is 4.71. The molecule has 6 nitrogen and oxygen atoms in total. The Bertz CT molecular complexity index is 756. The average molecular weight is 343 g/mol. The Morgan fingerprint density at radius 3 is 2.21 bits per heavy atom. The largest absolute Gasteiger partial charge is 0.482 e. The molecule has 0 atom stereocenters. The molecule has 24 heavy (non-hydrogen) atoms. The van der Waals surface area contributed by atoms with E-state index in [4.69, 9.17) is 27.8 Å². The number of nitrogens with zero attached hydrogens (tertiary/aromatic N) is 1. The molecular formula is C17H17N3O3S. The van der Waals surface area contributed by atoms with Crippen LogP contribution in [0.1, 0.15) is 12.5 Å². The zero-order valence-corrected chi connectivity index (χ0v) is 13.8. The van der Waals surface area contributed by atoms with Gasteiger partial charge in [-0.15, -0.1) is 0 Å². The maximum atomic E-state index is 10.5. The first-order valence-corrected chi connectivity index (χ1v) is 7.52. The van der Waals surface area contributed by atoms with Crippen LogP contribution >= 0.6 is 12.2 Å². The van der Waals surface area contributed by atoms with Crippen molar-refractivity contribution in [2.24, 2.45) is 10.8 Å². The summed E-state index contributed by atoms with van der Waals surface area (Å²) in [6.07, 6.45) is 0. The molecule has 124 valence electrons. The van der Waals surface area contributed by atoms with Crippen LogP contribution in [-0.4, -0.2) is 28.5 Å². The van der Waals surface area contributed by atoms with Gasteiger partial charge in [0.2, 0.25) is 0 Å². The van der Waals surface area contributed by atoms with Gasteiger partial charge in [-0.05, 0) is 48.0 Å². The van der Waals surface area contributed by atoms with E-state index in [1.807, 2.05) is 43.3 Å². The Labute approximate surface area is 144 Å². The standard InChI is InChI=1S/C17H17N3O3S/c1-11(19-20-17(18)24)12-2-4-13(5-3-12)14-6-8-15(9-7-14)23-10-16(21)22/h2-9H,10H2,1H3,(H,21,22)(H3,18,20,24)/b19-11+. The van der Waals surface area contributed by atoms with Gasteiger partial charge in [-0.3, -0.25) is 5.43 Å². The molecule has 2 aromatic carbocycles. The van der Waals surface area contributed by atoms with Crippen LogP contribution in [0.25, 0.3) is 11.1 Å². The molecule has 2 aromatic rings. The molecule has 0 saturated carbocycles. The third kappa shape index (κ3) is 5.06. The van der Waals surface area contributed by atoms with E-state index in [9.17, 15) is 4.79 Å². The minimum absolute atomic E-state index is 0.121. The number of carboxylic acids is 1. The van der Waals surface area contributed by atoms with Crippen molar-refractivity contribution in [2.45, 2.75) is 6.92 Å². The Morgan fingerprint density at radius 1 is 1.17 bits per heavy atom. The molecule has 2 rings (SSSR count). The third-order valence-electron chi connectivity index (χ3n) is 3.19. The lowest BCUT2D eigenvalue weighted by Gasteiger charge is -2.07. The quantitative estimate of drug-likeness (QED) is 0.423.